The number of nitrogens with zero attached hydrogens (tertiary/aromatic N) is 3. The number of ether oxygens (including phenoxy) is 1. The average Bonchev–Trinajstić information content (AvgIpc) is 2.60. The van der Waals surface area contributed by atoms with Gasteiger partial charge in [-0.3, -0.25) is 9.55 Å². The van der Waals surface area contributed by atoms with Gasteiger partial charge in [0.25, 0.3) is 0 Å². The Labute approximate surface area is 101 Å². The van der Waals surface area contributed by atoms with Crippen LogP contribution in [-0.4, -0.2) is 31.8 Å². The molecule has 0 radical (unpaired) electrons. The predicted molar refractivity (Wildman–Crippen MR) is 62.7 cm³/mol. The van der Waals surface area contributed by atoms with E-state index in [0.29, 0.717) is 6.54 Å². The lowest BCUT2D eigenvalue weighted by Crippen LogP contribution is -2.29. The maximum atomic E-state index is 12.0. The molecule has 2 aromatic heterocycles. The van der Waals surface area contributed by atoms with E-state index in [9.17, 15) is 14.4 Å². The number of aryl methyl sites for hydroxylation is 1. The summed E-state index contributed by atoms with van der Waals surface area (Å²) in [5, 5.41) is 0. The van der Waals surface area contributed by atoms with Gasteiger partial charge in [0.05, 0.1) is 12.8 Å². The zero-order valence-corrected chi connectivity index (χ0v) is 9.97. The second-order valence-corrected chi connectivity index (χ2v) is 3.48. The van der Waals surface area contributed by atoms with E-state index < -0.39 is 17.5 Å². The van der Waals surface area contributed by atoms with Gasteiger partial charge in [0, 0.05) is 6.54 Å². The highest BCUT2D eigenvalue weighted by atomic mass is 16.5. The van der Waals surface area contributed by atoms with Gasteiger partial charge in [-0.2, -0.15) is 9.55 Å². The van der Waals surface area contributed by atoms with Crippen LogP contribution in [0, 0.1) is 0 Å². The molecule has 2 heterocycles. The standard InChI is InChI=1S/C10H12N4O4/c1-3-13-7-6(5-11-8(15)12-7)14(9(13)16)10(17)18-4-2/h5H,3-4H2,1-2H3,(H,11,12,15). The number of nitrogens with one attached hydrogen (secondary N) is 1. The fourth-order valence-corrected chi connectivity index (χ4v) is 1.73. The largest absolute Gasteiger partial charge is 0.449 e. The van der Waals surface area contributed by atoms with Crippen molar-refractivity contribution in [1.82, 2.24) is 19.1 Å². The molecule has 96 valence electrons. The summed E-state index contributed by atoms with van der Waals surface area (Å²) >= 11 is 0. The monoisotopic (exact) mass is 252 g/mol. The number of aromatic amines is 1. The molecule has 18 heavy (non-hydrogen) atoms. The van der Waals surface area contributed by atoms with Gasteiger partial charge in [-0.25, -0.2) is 14.4 Å². The molecule has 0 bridgehead atoms. The summed E-state index contributed by atoms with van der Waals surface area (Å²) in [6, 6.07) is 0. The number of rotatable bonds is 2. The van der Waals surface area contributed by atoms with Crippen LogP contribution in [0.5, 0.6) is 0 Å². The Morgan fingerprint density at radius 2 is 2.17 bits per heavy atom. The first-order valence-electron chi connectivity index (χ1n) is 5.47. The molecular formula is C10H12N4O4. The molecule has 0 aliphatic rings. The van der Waals surface area contributed by atoms with Crippen LogP contribution in [0.3, 0.4) is 0 Å². The van der Waals surface area contributed by atoms with Crippen LogP contribution in [-0.2, 0) is 11.3 Å². The summed E-state index contributed by atoms with van der Waals surface area (Å²) in [4.78, 5) is 40.8. The van der Waals surface area contributed by atoms with Crippen molar-refractivity contribution in [1.29, 1.82) is 0 Å². The molecule has 0 amide bonds. The maximum Gasteiger partial charge on any atom is 0.422 e. The second-order valence-electron chi connectivity index (χ2n) is 3.48. The van der Waals surface area contributed by atoms with Gasteiger partial charge in [-0.05, 0) is 13.8 Å². The van der Waals surface area contributed by atoms with Crippen molar-refractivity contribution in [2.24, 2.45) is 0 Å². The van der Waals surface area contributed by atoms with E-state index in [0.717, 1.165) is 4.57 Å². The Balaban J connectivity index is 2.82. The summed E-state index contributed by atoms with van der Waals surface area (Å²) in [6.45, 7) is 3.85. The Morgan fingerprint density at radius 1 is 1.44 bits per heavy atom. The quantitative estimate of drug-likeness (QED) is 0.805. The van der Waals surface area contributed by atoms with Crippen LogP contribution in [0.2, 0.25) is 0 Å². The van der Waals surface area contributed by atoms with E-state index in [1.165, 1.54) is 10.8 Å². The topological polar surface area (TPSA) is 99.0 Å². The lowest BCUT2D eigenvalue weighted by Gasteiger charge is -2.00. The minimum absolute atomic E-state index is 0.154. The Morgan fingerprint density at radius 3 is 2.78 bits per heavy atom. The van der Waals surface area contributed by atoms with Gasteiger partial charge in [0.1, 0.15) is 11.2 Å². The average molecular weight is 252 g/mol. The molecule has 0 atom stereocenters. The van der Waals surface area contributed by atoms with Crippen molar-refractivity contribution in [3.63, 3.8) is 0 Å². The van der Waals surface area contributed by atoms with Crippen LogP contribution in [0.15, 0.2) is 15.8 Å². The van der Waals surface area contributed by atoms with E-state index in [1.807, 2.05) is 0 Å². The van der Waals surface area contributed by atoms with Gasteiger partial charge in [0.2, 0.25) is 0 Å². The number of hydrogen-bond donors (Lipinski definition) is 1. The molecule has 8 nitrogen and oxygen atoms in total. The zero-order valence-electron chi connectivity index (χ0n) is 9.97. The highest BCUT2D eigenvalue weighted by Gasteiger charge is 2.19. The fraction of sp³-hybridized carbons (Fsp3) is 0.400. The zero-order chi connectivity index (χ0) is 13.3. The molecule has 0 aliphatic heterocycles. The minimum atomic E-state index is -0.784. The van der Waals surface area contributed by atoms with Gasteiger partial charge in [0.15, 0.2) is 0 Å². The minimum Gasteiger partial charge on any atom is -0.449 e. The number of hydrogen-bond acceptors (Lipinski definition) is 5. The van der Waals surface area contributed by atoms with Crippen molar-refractivity contribution < 1.29 is 9.53 Å². The molecule has 0 unspecified atom stereocenters. The molecular weight excluding hydrogens is 240 g/mol. The number of aromatic nitrogens is 4. The molecule has 0 aromatic carbocycles. The number of H-pyrrole nitrogens is 1. The van der Waals surface area contributed by atoms with Gasteiger partial charge >= 0.3 is 17.5 Å². The third-order valence-electron chi connectivity index (χ3n) is 2.47. The highest BCUT2D eigenvalue weighted by molar-refractivity contribution is 5.84. The predicted octanol–water partition coefficient (Wildman–Crippen LogP) is -0.0892. The van der Waals surface area contributed by atoms with Crippen molar-refractivity contribution in [3.8, 4) is 0 Å². The molecule has 2 aromatic rings. The van der Waals surface area contributed by atoms with Gasteiger partial charge in [-0.15, -0.1) is 0 Å². The SMILES string of the molecule is CCOC(=O)n1c(=O)n(CC)c2[nH]c(=O)ncc21. The molecule has 8 heteroatoms. The van der Waals surface area contributed by atoms with Gasteiger partial charge in [-0.1, -0.05) is 0 Å². The van der Waals surface area contributed by atoms with Crippen LogP contribution < -0.4 is 11.4 Å². The molecule has 1 N–H and O–H groups in total. The molecule has 0 fully saturated rings. The number of fused-ring (bicyclic) bond motifs is 1. The van der Waals surface area contributed by atoms with Crippen molar-refractivity contribution in [2.75, 3.05) is 6.61 Å². The number of carbonyl (C=O) groups is 1. The number of carbonyl (C=O) groups excluding carboxylic acids is 1. The summed E-state index contributed by atoms with van der Waals surface area (Å²) in [7, 11) is 0. The van der Waals surface area contributed by atoms with Crippen molar-refractivity contribution in [3.05, 3.63) is 27.2 Å². The van der Waals surface area contributed by atoms with Crippen LogP contribution in [0.25, 0.3) is 11.2 Å². The third kappa shape index (κ3) is 1.71. The first kappa shape index (κ1) is 12.1. The van der Waals surface area contributed by atoms with Crippen molar-refractivity contribution >= 4 is 17.3 Å². The lowest BCUT2D eigenvalue weighted by atomic mass is 10.5. The summed E-state index contributed by atoms with van der Waals surface area (Å²) in [5.74, 6) is 0. The van der Waals surface area contributed by atoms with E-state index >= 15 is 0 Å². The van der Waals surface area contributed by atoms with Crippen molar-refractivity contribution in [2.45, 2.75) is 20.4 Å². The van der Waals surface area contributed by atoms with Crippen LogP contribution >= 0.6 is 0 Å². The summed E-state index contributed by atoms with van der Waals surface area (Å²) < 4.78 is 6.92. The molecule has 0 aliphatic carbocycles. The fourth-order valence-electron chi connectivity index (χ4n) is 1.73. The Bertz CT molecular complexity index is 709. The summed E-state index contributed by atoms with van der Waals surface area (Å²) in [5.41, 5.74) is -0.657. The van der Waals surface area contributed by atoms with Gasteiger partial charge < -0.3 is 4.74 Å². The summed E-state index contributed by atoms with van der Waals surface area (Å²) in [6.07, 6.45) is 0.395. The van der Waals surface area contributed by atoms with E-state index in [4.69, 9.17) is 4.74 Å². The lowest BCUT2D eigenvalue weighted by molar-refractivity contribution is 0.154. The number of imidazole rings is 1. The third-order valence-corrected chi connectivity index (χ3v) is 2.47. The van der Waals surface area contributed by atoms with E-state index in [2.05, 4.69) is 9.97 Å². The maximum absolute atomic E-state index is 12.0. The van der Waals surface area contributed by atoms with E-state index in [1.54, 1.807) is 13.8 Å². The second kappa shape index (κ2) is 4.47. The van der Waals surface area contributed by atoms with E-state index in [-0.39, 0.29) is 17.8 Å². The molecule has 0 saturated heterocycles. The first-order valence-corrected chi connectivity index (χ1v) is 5.47. The first-order chi connectivity index (χ1) is 8.60. The molecule has 2 rings (SSSR count). The smallest absolute Gasteiger partial charge is 0.422 e. The molecule has 0 saturated carbocycles. The Kier molecular flexibility index (Phi) is 3.00. The Hall–Kier alpha value is -2.38. The molecule has 0 spiro atoms. The highest BCUT2D eigenvalue weighted by Crippen LogP contribution is 2.07. The normalized spacial score (nSPS) is 10.8. The van der Waals surface area contributed by atoms with Crippen LogP contribution in [0.1, 0.15) is 13.8 Å². The van der Waals surface area contributed by atoms with Crippen LogP contribution in [0.4, 0.5) is 4.79 Å².